The first-order valence-corrected chi connectivity index (χ1v) is 17.9. The second-order valence-corrected chi connectivity index (χ2v) is 13.1. The predicted octanol–water partition coefficient (Wildman–Crippen LogP) is 4.48. The van der Waals surface area contributed by atoms with Crippen molar-refractivity contribution in [3.8, 4) is 0 Å². The topological polar surface area (TPSA) is 120 Å². The molecule has 0 bridgehead atoms. The monoisotopic (exact) mass is 727 g/mol. The van der Waals surface area contributed by atoms with Gasteiger partial charge in [0.2, 0.25) is 0 Å². The molecule has 0 spiro atoms. The zero-order valence-corrected chi connectivity index (χ0v) is 29.8. The summed E-state index contributed by atoms with van der Waals surface area (Å²) < 4.78 is 3.31. The third-order valence-electron chi connectivity index (χ3n) is 4.90. The van der Waals surface area contributed by atoms with Crippen LogP contribution in [-0.4, -0.2) is 63.0 Å². The Morgan fingerprint density at radius 3 is 1.03 bits per heavy atom. The van der Waals surface area contributed by atoms with Crippen LogP contribution >= 0.6 is 0 Å². The van der Waals surface area contributed by atoms with E-state index in [0.29, 0.717) is 0 Å². The van der Waals surface area contributed by atoms with Crippen LogP contribution in [0.25, 0.3) is 0 Å². The third-order valence-corrected chi connectivity index (χ3v) is 8.93. The van der Waals surface area contributed by atoms with Crippen molar-refractivity contribution in [3.05, 3.63) is 0 Å². The van der Waals surface area contributed by atoms with Crippen molar-refractivity contribution in [1.82, 2.24) is 0 Å². The molecule has 0 aromatic carbocycles. The molecule has 8 heteroatoms. The van der Waals surface area contributed by atoms with Gasteiger partial charge in [-0.1, -0.05) is 32.6 Å². The molecule has 0 aromatic heterocycles. The maximum absolute atomic E-state index is 9.92. The third kappa shape index (κ3) is 84.0. The average Bonchev–Trinajstić information content (AvgIpc) is 2.76. The van der Waals surface area contributed by atoms with E-state index < -0.39 is 17.9 Å². The molecular formula is C28H55O6Sn2. The molecule has 3 radical (unpaired) electrons. The number of hydrogen-bond acceptors (Lipinski definition) is 6. The van der Waals surface area contributed by atoms with E-state index >= 15 is 0 Å². The molecule has 211 valence electrons. The van der Waals surface area contributed by atoms with Crippen LogP contribution in [0.1, 0.15) is 150 Å². The number of hydrogen-bond donors (Lipinski definition) is 0. The van der Waals surface area contributed by atoms with Crippen LogP contribution in [0.5, 0.6) is 0 Å². The summed E-state index contributed by atoms with van der Waals surface area (Å²) in [6.45, 7) is 8.68. The summed E-state index contributed by atoms with van der Waals surface area (Å²) in [5, 5.41) is 27.7. The number of unbranched alkanes of at least 4 members (excludes halogenated alkanes) is 14. The summed E-state index contributed by atoms with van der Waals surface area (Å²) in [7, 11) is 0. The van der Waals surface area contributed by atoms with Crippen LogP contribution < -0.4 is 15.3 Å². The van der Waals surface area contributed by atoms with Crippen LogP contribution in [0.2, 0.25) is 8.87 Å². The largest absolute Gasteiger partial charge is 2.00 e. The Kier molecular flexibility index (Phi) is 57.3. The molecule has 0 aliphatic carbocycles. The second kappa shape index (κ2) is 45.0. The zero-order valence-electron chi connectivity index (χ0n) is 24.1. The number of carboxylic acids is 3. The van der Waals surface area contributed by atoms with Gasteiger partial charge in [-0.3, -0.25) is 0 Å². The number of carboxylic acid groups (broad SMARTS) is 3. The SMILES string of the molecule is CC(=O)[O-].CC(=O)[O-].CCCCCCCC(=O)[O-].CCCCCCC[CH2][Sn+][CH2]CCCCCCC.[Sn+2]. The first-order chi connectivity index (χ1) is 16.6. The Morgan fingerprint density at radius 2 is 0.750 bits per heavy atom. The average molecular weight is 725 g/mol. The fraction of sp³-hybridized carbons (Fsp3) is 0.893. The number of carbonyl (C=O) groups is 3. The van der Waals surface area contributed by atoms with Gasteiger partial charge in [-0.2, -0.15) is 0 Å². The van der Waals surface area contributed by atoms with E-state index in [1.807, 2.05) is 0 Å². The van der Waals surface area contributed by atoms with E-state index in [1.165, 1.54) is 77.0 Å². The summed E-state index contributed by atoms with van der Waals surface area (Å²) in [5.41, 5.74) is 0. The minimum Gasteiger partial charge on any atom is 2.00 e. The maximum atomic E-state index is 9.92. The number of rotatable bonds is 20. The minimum atomic E-state index is -1.08. The first kappa shape index (κ1) is 45.9. The summed E-state index contributed by atoms with van der Waals surface area (Å²) in [6.07, 6.45) is 23.4. The molecule has 0 saturated carbocycles. The van der Waals surface area contributed by atoms with Crippen LogP contribution in [-0.2, 0) is 14.4 Å². The van der Waals surface area contributed by atoms with Gasteiger partial charge in [-0.05, 0) is 26.7 Å². The normalized spacial score (nSPS) is 9.14. The second-order valence-electron chi connectivity index (χ2n) is 8.80. The van der Waals surface area contributed by atoms with Crippen LogP contribution in [0.4, 0.5) is 0 Å². The van der Waals surface area contributed by atoms with Gasteiger partial charge in [-0.25, -0.2) is 0 Å². The predicted molar refractivity (Wildman–Crippen MR) is 148 cm³/mol. The van der Waals surface area contributed by atoms with Gasteiger partial charge in [0.05, 0.1) is 0 Å². The van der Waals surface area contributed by atoms with Crippen molar-refractivity contribution in [2.75, 3.05) is 0 Å². The molecular weight excluding hydrogens is 670 g/mol. The van der Waals surface area contributed by atoms with Gasteiger partial charge >= 0.3 is 145 Å². The number of aliphatic carboxylic acids is 3. The molecule has 36 heavy (non-hydrogen) atoms. The van der Waals surface area contributed by atoms with Crippen molar-refractivity contribution < 1.29 is 29.7 Å². The fourth-order valence-corrected chi connectivity index (χ4v) is 6.63. The van der Waals surface area contributed by atoms with Crippen LogP contribution in [0.15, 0.2) is 0 Å². The van der Waals surface area contributed by atoms with Gasteiger partial charge < -0.3 is 29.7 Å². The molecule has 0 heterocycles. The quantitative estimate of drug-likeness (QED) is 0.135. The summed E-state index contributed by atoms with van der Waals surface area (Å²) in [5.74, 6) is -3.09. The standard InChI is InChI=1S/C8H16O2.2C8H17.2C2H4O2.2Sn/c1-2-3-4-5-6-7-8(9)10;2*1-3-5-7-8-6-4-2;2*1-2(3)4;;/h2-7H2,1H3,(H,9,10);2*1,3-8H2,2H3;2*1H3,(H,3,4);;/q;;;;;+1;+2/p-3. The molecule has 6 nitrogen and oxygen atoms in total. The van der Waals surface area contributed by atoms with E-state index in [0.717, 1.165) is 33.1 Å². The van der Waals surface area contributed by atoms with Crippen LogP contribution in [0.3, 0.4) is 0 Å². The van der Waals surface area contributed by atoms with Gasteiger partial charge in [-0.15, -0.1) is 0 Å². The molecule has 0 N–H and O–H groups in total. The summed E-state index contributed by atoms with van der Waals surface area (Å²) in [4.78, 5) is 27.7. The first-order valence-electron chi connectivity index (χ1n) is 13.9. The van der Waals surface area contributed by atoms with Crippen molar-refractivity contribution >= 4 is 63.0 Å². The van der Waals surface area contributed by atoms with E-state index in [-0.39, 0.29) is 51.5 Å². The van der Waals surface area contributed by atoms with E-state index in [1.54, 1.807) is 21.7 Å². The number of carbonyl (C=O) groups excluding carboxylic acids is 3. The van der Waals surface area contributed by atoms with Gasteiger partial charge in [0, 0.05) is 17.9 Å². The zero-order chi connectivity index (χ0) is 27.6. The Bertz CT molecular complexity index is 400. The molecule has 0 saturated heterocycles. The van der Waals surface area contributed by atoms with E-state index in [4.69, 9.17) is 19.8 Å². The van der Waals surface area contributed by atoms with Crippen molar-refractivity contribution in [2.24, 2.45) is 0 Å². The molecule has 0 aliphatic heterocycles. The molecule has 0 amide bonds. The smallest absolute Gasteiger partial charge is 2.00 e. The Morgan fingerprint density at radius 1 is 0.500 bits per heavy atom. The molecule has 0 aromatic rings. The minimum absolute atomic E-state index is 0. The van der Waals surface area contributed by atoms with Gasteiger partial charge in [0.1, 0.15) is 0 Å². The molecule has 0 aliphatic rings. The summed E-state index contributed by atoms with van der Waals surface area (Å²) in [6, 6.07) is 0. The maximum Gasteiger partial charge on any atom is 2.00 e. The van der Waals surface area contributed by atoms with Crippen LogP contribution in [0, 0.1) is 0 Å². The summed E-state index contributed by atoms with van der Waals surface area (Å²) >= 11 is 0.0736. The molecule has 0 rings (SSSR count). The molecule has 0 atom stereocenters. The van der Waals surface area contributed by atoms with E-state index in [2.05, 4.69) is 20.8 Å². The molecule has 0 unspecified atom stereocenters. The van der Waals surface area contributed by atoms with Crippen molar-refractivity contribution in [3.63, 3.8) is 0 Å². The van der Waals surface area contributed by atoms with Crippen molar-refractivity contribution in [1.29, 1.82) is 0 Å². The Labute approximate surface area is 250 Å². The van der Waals surface area contributed by atoms with E-state index in [9.17, 15) is 9.90 Å². The Hall–Kier alpha value is 0.00740. The Balaban J connectivity index is -0.000000142. The van der Waals surface area contributed by atoms with Gasteiger partial charge in [0.25, 0.3) is 0 Å². The van der Waals surface area contributed by atoms with Crippen molar-refractivity contribution in [2.45, 2.75) is 159 Å². The molecule has 0 fully saturated rings. The fourth-order valence-electron chi connectivity index (χ4n) is 3.06. The van der Waals surface area contributed by atoms with Gasteiger partial charge in [0.15, 0.2) is 0 Å².